The summed E-state index contributed by atoms with van der Waals surface area (Å²) in [6, 6.07) is 0.549. The fourth-order valence-electron chi connectivity index (χ4n) is 3.53. The molecule has 1 saturated carbocycles. The van der Waals surface area contributed by atoms with E-state index >= 15 is 0 Å². The Morgan fingerprint density at radius 2 is 2.00 bits per heavy atom. The Bertz CT molecular complexity index is 542. The molecule has 1 atom stereocenters. The van der Waals surface area contributed by atoms with Crippen molar-refractivity contribution >= 4 is 22.4 Å². The maximum atomic E-state index is 11.3. The Morgan fingerprint density at radius 1 is 1.33 bits per heavy atom. The van der Waals surface area contributed by atoms with Crippen LogP contribution >= 0.6 is 11.3 Å². The van der Waals surface area contributed by atoms with Crippen LogP contribution in [-0.4, -0.2) is 29.1 Å². The van der Waals surface area contributed by atoms with E-state index in [1.807, 2.05) is 0 Å². The normalized spacial score (nSPS) is 24.8. The molecule has 0 saturated heterocycles. The highest BCUT2D eigenvalue weighted by molar-refractivity contribution is 7.15. The molecule has 0 amide bonds. The minimum atomic E-state index is -0.729. The second-order valence-electron chi connectivity index (χ2n) is 7.24. The number of carboxylic acid groups (broad SMARTS) is 1. The predicted octanol–water partition coefficient (Wildman–Crippen LogP) is 3.66. The lowest BCUT2D eigenvalue weighted by Crippen LogP contribution is -2.37. The highest BCUT2D eigenvalue weighted by Gasteiger charge is 2.35. The highest BCUT2D eigenvalue weighted by Crippen LogP contribution is 2.42. The van der Waals surface area contributed by atoms with Gasteiger partial charge in [-0.15, -0.1) is 11.3 Å². The summed E-state index contributed by atoms with van der Waals surface area (Å²) in [7, 11) is 2.12. The Balaban J connectivity index is 1.74. The molecule has 3 rings (SSSR count). The Hall–Kier alpha value is -1.10. The van der Waals surface area contributed by atoms with Gasteiger partial charge in [0.25, 0.3) is 0 Å². The number of aliphatic carboxylic acids is 1. The van der Waals surface area contributed by atoms with Crippen LogP contribution in [0.3, 0.4) is 0 Å². The number of hydrogen-bond donors (Lipinski definition) is 1. The summed E-state index contributed by atoms with van der Waals surface area (Å²) >= 11 is 1.70. The van der Waals surface area contributed by atoms with E-state index < -0.39 is 5.97 Å². The van der Waals surface area contributed by atoms with Crippen LogP contribution < -0.4 is 4.90 Å². The zero-order valence-electron chi connectivity index (χ0n) is 13.1. The van der Waals surface area contributed by atoms with E-state index in [9.17, 15) is 9.90 Å². The average molecular weight is 308 g/mol. The molecule has 5 heteroatoms. The smallest absolute Gasteiger partial charge is 0.312 e. The second-order valence-corrected chi connectivity index (χ2v) is 8.30. The van der Waals surface area contributed by atoms with Crippen LogP contribution in [0, 0.1) is 5.41 Å². The van der Waals surface area contributed by atoms with E-state index in [-0.39, 0.29) is 5.92 Å². The number of anilines is 1. The number of nitrogens with zero attached hydrogens (tertiary/aromatic N) is 2. The summed E-state index contributed by atoms with van der Waals surface area (Å²) in [5.41, 5.74) is 1.29. The van der Waals surface area contributed by atoms with Crippen molar-refractivity contribution in [1.29, 1.82) is 0 Å². The van der Waals surface area contributed by atoms with Gasteiger partial charge in [0.1, 0.15) is 5.92 Å². The molecular formula is C16H24N2O2S. The van der Waals surface area contributed by atoms with Crippen molar-refractivity contribution in [2.75, 3.05) is 11.9 Å². The van der Waals surface area contributed by atoms with Gasteiger partial charge in [-0.05, 0) is 43.9 Å². The quantitative estimate of drug-likeness (QED) is 0.926. The number of fused-ring (bicyclic) bond motifs is 1. The zero-order valence-corrected chi connectivity index (χ0v) is 13.9. The lowest BCUT2D eigenvalue weighted by molar-refractivity contribution is -0.138. The maximum absolute atomic E-state index is 11.3. The monoisotopic (exact) mass is 308 g/mol. The van der Waals surface area contributed by atoms with Gasteiger partial charge in [0.15, 0.2) is 5.13 Å². The molecule has 0 aliphatic heterocycles. The first kappa shape index (κ1) is 14.8. The van der Waals surface area contributed by atoms with Crippen molar-refractivity contribution in [3.8, 4) is 0 Å². The number of thiazole rings is 1. The summed E-state index contributed by atoms with van der Waals surface area (Å²) in [6.45, 7) is 4.69. The molecular weight excluding hydrogens is 284 g/mol. The van der Waals surface area contributed by atoms with Crippen molar-refractivity contribution < 1.29 is 9.90 Å². The lowest BCUT2D eigenvalue weighted by atomic mass is 9.75. The Kier molecular flexibility index (Phi) is 3.72. The number of aryl methyl sites for hydroxylation is 1. The third kappa shape index (κ3) is 2.80. The van der Waals surface area contributed by atoms with E-state index in [1.54, 1.807) is 11.3 Å². The summed E-state index contributed by atoms with van der Waals surface area (Å²) in [6.07, 6.45) is 6.50. The number of aromatic nitrogens is 1. The van der Waals surface area contributed by atoms with Gasteiger partial charge < -0.3 is 10.0 Å². The van der Waals surface area contributed by atoms with Gasteiger partial charge in [-0.25, -0.2) is 4.98 Å². The first-order valence-electron chi connectivity index (χ1n) is 7.82. The van der Waals surface area contributed by atoms with Crippen LogP contribution in [0.2, 0.25) is 0 Å². The van der Waals surface area contributed by atoms with Crippen molar-refractivity contribution in [3.63, 3.8) is 0 Å². The van der Waals surface area contributed by atoms with Gasteiger partial charge >= 0.3 is 5.97 Å². The molecule has 1 heterocycles. The summed E-state index contributed by atoms with van der Waals surface area (Å²) < 4.78 is 0. The minimum Gasteiger partial charge on any atom is -0.481 e. The number of carbonyl (C=O) groups is 1. The van der Waals surface area contributed by atoms with Crippen LogP contribution in [0.1, 0.15) is 62.4 Å². The molecule has 0 aromatic carbocycles. The molecule has 0 radical (unpaired) electrons. The molecule has 0 bridgehead atoms. The summed E-state index contributed by atoms with van der Waals surface area (Å²) in [5, 5.41) is 10.3. The first-order chi connectivity index (χ1) is 9.87. The van der Waals surface area contributed by atoms with Gasteiger partial charge in [0, 0.05) is 18.0 Å². The molecule has 1 N–H and O–H groups in total. The fraction of sp³-hybridized carbons (Fsp3) is 0.750. The molecule has 116 valence electrons. The van der Waals surface area contributed by atoms with E-state index in [0.29, 0.717) is 17.9 Å². The van der Waals surface area contributed by atoms with E-state index in [2.05, 4.69) is 30.8 Å². The standard InChI is InChI=1S/C16H24N2O2S/c1-16(2)8-6-10(7-9-16)18(3)15-17-13-11(14(19)20)4-5-12(13)21-15/h10-11H,4-9H2,1-3H3,(H,19,20). The van der Waals surface area contributed by atoms with Gasteiger partial charge in [0.05, 0.1) is 5.69 Å². The predicted molar refractivity (Wildman–Crippen MR) is 85.3 cm³/mol. The number of rotatable bonds is 3. The summed E-state index contributed by atoms with van der Waals surface area (Å²) in [4.78, 5) is 19.4. The van der Waals surface area contributed by atoms with Crippen LogP contribution in [0.25, 0.3) is 0 Å². The molecule has 1 fully saturated rings. The SMILES string of the molecule is CN(c1nc2c(s1)CCC2C(=O)O)C1CCC(C)(C)CC1. The average Bonchev–Trinajstić information content (AvgIpc) is 2.96. The largest absolute Gasteiger partial charge is 0.481 e. The lowest BCUT2D eigenvalue weighted by Gasteiger charge is -2.38. The third-order valence-electron chi connectivity index (χ3n) is 5.16. The Labute approximate surface area is 130 Å². The molecule has 1 unspecified atom stereocenters. The third-order valence-corrected chi connectivity index (χ3v) is 6.38. The topological polar surface area (TPSA) is 53.4 Å². The van der Waals surface area contributed by atoms with Crippen LogP contribution in [0.5, 0.6) is 0 Å². The van der Waals surface area contributed by atoms with Crippen LogP contribution in [0.4, 0.5) is 5.13 Å². The van der Waals surface area contributed by atoms with Crippen LogP contribution in [-0.2, 0) is 11.2 Å². The minimum absolute atomic E-state index is 0.385. The number of carboxylic acids is 1. The van der Waals surface area contributed by atoms with Crippen molar-refractivity contribution in [1.82, 2.24) is 4.98 Å². The maximum Gasteiger partial charge on any atom is 0.312 e. The number of hydrogen-bond acceptors (Lipinski definition) is 4. The summed E-state index contributed by atoms with van der Waals surface area (Å²) in [5.74, 6) is -1.11. The van der Waals surface area contributed by atoms with Gasteiger partial charge in [0.2, 0.25) is 0 Å². The Morgan fingerprint density at radius 3 is 2.62 bits per heavy atom. The van der Waals surface area contributed by atoms with E-state index in [0.717, 1.165) is 17.2 Å². The van der Waals surface area contributed by atoms with Gasteiger partial charge in [-0.2, -0.15) is 0 Å². The molecule has 1 aromatic rings. The highest BCUT2D eigenvalue weighted by atomic mass is 32.1. The molecule has 2 aliphatic carbocycles. The van der Waals surface area contributed by atoms with E-state index in [4.69, 9.17) is 0 Å². The van der Waals surface area contributed by atoms with Crippen LogP contribution in [0.15, 0.2) is 0 Å². The van der Waals surface area contributed by atoms with Crippen molar-refractivity contribution in [2.45, 2.75) is 64.3 Å². The van der Waals surface area contributed by atoms with Crippen molar-refractivity contribution in [2.24, 2.45) is 5.41 Å². The van der Waals surface area contributed by atoms with Gasteiger partial charge in [-0.3, -0.25) is 4.79 Å². The van der Waals surface area contributed by atoms with Gasteiger partial charge in [-0.1, -0.05) is 13.8 Å². The molecule has 4 nitrogen and oxygen atoms in total. The molecule has 0 spiro atoms. The van der Waals surface area contributed by atoms with E-state index in [1.165, 1.54) is 30.6 Å². The zero-order chi connectivity index (χ0) is 15.2. The van der Waals surface area contributed by atoms with Crippen molar-refractivity contribution in [3.05, 3.63) is 10.6 Å². The molecule has 21 heavy (non-hydrogen) atoms. The molecule has 2 aliphatic rings. The molecule has 1 aromatic heterocycles. The fourth-order valence-corrected chi connectivity index (χ4v) is 4.70. The first-order valence-corrected chi connectivity index (χ1v) is 8.64. The second kappa shape index (κ2) is 5.27.